The van der Waals surface area contributed by atoms with Crippen molar-refractivity contribution < 1.29 is 23.8 Å². The smallest absolute Gasteiger partial charge is 0.497 e. The molecule has 3 unspecified atom stereocenters. The number of ether oxygens (including phenoxy) is 3. The van der Waals surface area contributed by atoms with Gasteiger partial charge in [-0.3, -0.25) is 10.1 Å². The highest BCUT2D eigenvalue weighted by Crippen LogP contribution is 2.36. The second-order valence-corrected chi connectivity index (χ2v) is 7.24. The molecule has 2 aliphatic rings. The molecule has 0 spiro atoms. The highest BCUT2D eigenvalue weighted by atomic mass is 16.7. The molecule has 1 fully saturated rings. The number of hydrogen-bond donors (Lipinski definition) is 2. The van der Waals surface area contributed by atoms with Crippen LogP contribution in [0.3, 0.4) is 0 Å². The molecule has 2 N–H and O–H groups in total. The zero-order chi connectivity index (χ0) is 21.8. The van der Waals surface area contributed by atoms with Crippen molar-refractivity contribution in [3.63, 3.8) is 0 Å². The highest BCUT2D eigenvalue weighted by Gasteiger charge is 2.44. The summed E-state index contributed by atoms with van der Waals surface area (Å²) >= 11 is 0. The van der Waals surface area contributed by atoms with Gasteiger partial charge in [0, 0.05) is 5.56 Å². The minimum absolute atomic E-state index is 0.0128. The Balaban J connectivity index is 1.62. The van der Waals surface area contributed by atoms with Crippen LogP contribution in [0.15, 0.2) is 66.6 Å². The molecule has 1 saturated heterocycles. The third kappa shape index (κ3) is 4.40. The first-order chi connectivity index (χ1) is 15.1. The fourth-order valence-electron chi connectivity index (χ4n) is 3.89. The van der Waals surface area contributed by atoms with Crippen molar-refractivity contribution in [2.45, 2.75) is 31.6 Å². The van der Waals surface area contributed by atoms with Gasteiger partial charge in [-0.2, -0.15) is 5.01 Å². The number of ketones is 1. The average Bonchev–Trinajstić information content (AvgIpc) is 3.21. The number of Topliss-reactive ketones (excluding diaryl/α,β-unsaturated/α-hetero) is 1. The lowest BCUT2D eigenvalue weighted by Crippen LogP contribution is -2.60. The van der Waals surface area contributed by atoms with Crippen LogP contribution in [0.25, 0.3) is 0 Å². The quantitative estimate of drug-likeness (QED) is 0.541. The summed E-state index contributed by atoms with van der Waals surface area (Å²) in [5, 5.41) is 5.26. The van der Waals surface area contributed by atoms with E-state index in [0.29, 0.717) is 17.7 Å². The van der Waals surface area contributed by atoms with Gasteiger partial charge in [0.1, 0.15) is 11.9 Å². The number of methoxy groups -OCH3 is 1. The van der Waals surface area contributed by atoms with Gasteiger partial charge in [0.15, 0.2) is 11.5 Å². The minimum Gasteiger partial charge on any atom is -0.497 e. The van der Waals surface area contributed by atoms with Gasteiger partial charge in [0.05, 0.1) is 32.0 Å². The lowest BCUT2D eigenvalue weighted by Gasteiger charge is -2.42. The Morgan fingerprint density at radius 3 is 2.52 bits per heavy atom. The summed E-state index contributed by atoms with van der Waals surface area (Å²) < 4.78 is 15.6. The minimum atomic E-state index is -0.781. The van der Waals surface area contributed by atoms with Crippen LogP contribution in [-0.2, 0) is 9.47 Å². The van der Waals surface area contributed by atoms with Gasteiger partial charge in [0.2, 0.25) is 0 Å². The summed E-state index contributed by atoms with van der Waals surface area (Å²) in [5.74, 6) is 1.09. The van der Waals surface area contributed by atoms with Crippen molar-refractivity contribution >= 4 is 11.9 Å². The third-order valence-electron chi connectivity index (χ3n) is 5.40. The van der Waals surface area contributed by atoms with Gasteiger partial charge < -0.3 is 19.6 Å². The third-order valence-corrected chi connectivity index (χ3v) is 5.40. The highest BCUT2D eigenvalue weighted by molar-refractivity contribution is 6.00. The molecule has 8 nitrogen and oxygen atoms in total. The monoisotopic (exact) mass is 423 g/mol. The lowest BCUT2D eigenvalue weighted by molar-refractivity contribution is 0.0194. The fourth-order valence-corrected chi connectivity index (χ4v) is 3.89. The van der Waals surface area contributed by atoms with Gasteiger partial charge in [0.25, 0.3) is 0 Å². The van der Waals surface area contributed by atoms with E-state index in [-0.39, 0.29) is 18.4 Å². The lowest BCUT2D eigenvalue weighted by atomic mass is 9.91. The molecule has 2 aromatic rings. The van der Waals surface area contributed by atoms with Crippen LogP contribution < -0.4 is 15.5 Å². The number of nitrogens with zero attached hydrogens (tertiary/aromatic N) is 1. The molecule has 162 valence electrons. The Hall–Kier alpha value is -3.36. The second kappa shape index (κ2) is 9.20. The first kappa shape index (κ1) is 20.9. The van der Waals surface area contributed by atoms with Crippen molar-refractivity contribution in [3.05, 3.63) is 77.7 Å². The molecule has 3 atom stereocenters. The van der Waals surface area contributed by atoms with Crippen LogP contribution in [-0.4, -0.2) is 42.9 Å². The maximum Gasteiger partial charge on any atom is 0.513 e. The van der Waals surface area contributed by atoms with E-state index in [1.165, 1.54) is 0 Å². The molecule has 8 heteroatoms. The summed E-state index contributed by atoms with van der Waals surface area (Å²) in [4.78, 5) is 25.1. The summed E-state index contributed by atoms with van der Waals surface area (Å²) in [7, 11) is 1.62. The maximum atomic E-state index is 13.2. The average molecular weight is 423 g/mol. The Morgan fingerprint density at radius 2 is 1.84 bits per heavy atom. The summed E-state index contributed by atoms with van der Waals surface area (Å²) in [6.07, 6.45) is 0.851. The number of rotatable bonds is 6. The Bertz CT molecular complexity index is 961. The van der Waals surface area contributed by atoms with Crippen molar-refractivity contribution in [1.82, 2.24) is 15.8 Å². The van der Waals surface area contributed by atoms with E-state index >= 15 is 0 Å². The maximum absolute atomic E-state index is 13.2. The van der Waals surface area contributed by atoms with Gasteiger partial charge in [-0.1, -0.05) is 42.5 Å². The molecule has 0 radical (unpaired) electrons. The zero-order valence-electron chi connectivity index (χ0n) is 17.4. The molecule has 0 bridgehead atoms. The molecular weight excluding hydrogens is 398 g/mol. The van der Waals surface area contributed by atoms with Gasteiger partial charge in [-0.25, -0.2) is 4.79 Å². The predicted octanol–water partition coefficient (Wildman–Crippen LogP) is 3.14. The molecule has 2 aromatic carbocycles. The molecule has 2 aliphatic heterocycles. The van der Waals surface area contributed by atoms with Gasteiger partial charge in [-0.05, 0) is 31.0 Å². The number of hydrazine groups is 1. The Labute approximate surface area is 180 Å². The fraction of sp³-hybridized carbons (Fsp3) is 0.304. The topological polar surface area (TPSA) is 89.1 Å². The normalized spacial score (nSPS) is 22.6. The number of fused-ring (bicyclic) bond motifs is 1. The first-order valence-electron chi connectivity index (χ1n) is 10.2. The van der Waals surface area contributed by atoms with Crippen LogP contribution in [0, 0.1) is 0 Å². The molecular formula is C23H25N3O5. The van der Waals surface area contributed by atoms with E-state index in [1.54, 1.807) is 32.4 Å². The number of carbonyl (C=O) groups excluding carboxylic acids is 2. The van der Waals surface area contributed by atoms with E-state index in [0.717, 1.165) is 11.3 Å². The van der Waals surface area contributed by atoms with Crippen LogP contribution >= 0.6 is 0 Å². The SMILES string of the molecule is CCOC(=O)OC1=CNN2C1NC(C(=O)c1ccccc1)CC2c1ccc(OC)cc1. The van der Waals surface area contributed by atoms with Gasteiger partial charge >= 0.3 is 6.16 Å². The molecule has 4 rings (SSSR count). The largest absolute Gasteiger partial charge is 0.513 e. The zero-order valence-corrected chi connectivity index (χ0v) is 17.4. The Morgan fingerprint density at radius 1 is 1.10 bits per heavy atom. The van der Waals surface area contributed by atoms with Crippen molar-refractivity contribution in [2.24, 2.45) is 0 Å². The van der Waals surface area contributed by atoms with E-state index in [2.05, 4.69) is 10.7 Å². The standard InChI is InChI=1S/C23H25N3O5/c1-3-30-23(28)31-20-14-24-26-19(15-9-11-17(29-2)12-10-15)13-18(25-22(20)26)21(27)16-7-5-4-6-8-16/h4-12,14,18-19,22,24-25H,3,13H2,1-2H3. The number of carbonyl (C=O) groups is 2. The van der Waals surface area contributed by atoms with Gasteiger partial charge in [-0.15, -0.1) is 0 Å². The molecule has 0 aromatic heterocycles. The van der Waals surface area contributed by atoms with Crippen LogP contribution in [0.5, 0.6) is 5.75 Å². The van der Waals surface area contributed by atoms with Crippen molar-refractivity contribution in [3.8, 4) is 5.75 Å². The van der Waals surface area contributed by atoms with Crippen LogP contribution in [0.2, 0.25) is 0 Å². The molecule has 31 heavy (non-hydrogen) atoms. The summed E-state index contributed by atoms with van der Waals surface area (Å²) in [5.41, 5.74) is 4.81. The van der Waals surface area contributed by atoms with E-state index < -0.39 is 18.4 Å². The second-order valence-electron chi connectivity index (χ2n) is 7.24. The number of hydrogen-bond acceptors (Lipinski definition) is 8. The van der Waals surface area contributed by atoms with E-state index in [4.69, 9.17) is 14.2 Å². The summed E-state index contributed by atoms with van der Waals surface area (Å²) in [6, 6.07) is 16.3. The van der Waals surface area contributed by atoms with Crippen molar-refractivity contribution in [1.29, 1.82) is 0 Å². The van der Waals surface area contributed by atoms with E-state index in [1.807, 2.05) is 47.5 Å². The molecule has 0 aliphatic carbocycles. The van der Waals surface area contributed by atoms with E-state index in [9.17, 15) is 9.59 Å². The number of nitrogens with one attached hydrogen (secondary N) is 2. The Kier molecular flexibility index (Phi) is 6.20. The van der Waals surface area contributed by atoms with Crippen molar-refractivity contribution in [2.75, 3.05) is 13.7 Å². The molecule has 0 saturated carbocycles. The molecule has 2 heterocycles. The van der Waals surface area contributed by atoms with Crippen LogP contribution in [0.1, 0.15) is 35.3 Å². The summed E-state index contributed by atoms with van der Waals surface area (Å²) in [6.45, 7) is 1.92. The first-order valence-corrected chi connectivity index (χ1v) is 10.2. The van der Waals surface area contributed by atoms with Crippen LogP contribution in [0.4, 0.5) is 4.79 Å². The number of benzene rings is 2. The predicted molar refractivity (Wildman–Crippen MR) is 113 cm³/mol. The molecule has 0 amide bonds.